The Kier molecular flexibility index (Phi) is 8.60. The number of anilines is 1. The van der Waals surface area contributed by atoms with Crippen LogP contribution in [0.2, 0.25) is 0 Å². The SMILES string of the molecule is Cc1cc(C(=O)Nc2cc(C(CCC3CC3)(NS(=O)C(C)(C)C)c3ccncc3)ccc2F)n(-c2ccc3ccnc(C)c3c2)n1. The third-order valence-corrected chi connectivity index (χ3v) is 10.2. The van der Waals surface area contributed by atoms with Crippen LogP contribution in [0.1, 0.15) is 79.5 Å². The van der Waals surface area contributed by atoms with Crippen LogP contribution < -0.4 is 10.0 Å². The van der Waals surface area contributed by atoms with Gasteiger partial charge in [-0.3, -0.25) is 14.8 Å². The number of aromatic nitrogens is 4. The monoisotopic (exact) mass is 638 g/mol. The minimum Gasteiger partial charge on any atom is -0.318 e. The second-order valence-corrected chi connectivity index (χ2v) is 15.1. The van der Waals surface area contributed by atoms with E-state index in [2.05, 4.69) is 25.1 Å². The Morgan fingerprint density at radius 2 is 1.74 bits per heavy atom. The standard InChI is InChI=1S/C36H39FN6O2S/c1-23-20-33(43(41-23)29-10-8-26-13-19-39-24(2)30(26)22-29)34(44)40-32-21-28(9-11-31(32)37)36(16-12-25-6-7-25,27-14-17-38-18-15-27)42-46(45)35(3,4)5/h8-11,13-15,17-22,25,42H,6-7,12,16H2,1-5H3,(H,40,44). The van der Waals surface area contributed by atoms with Crippen LogP contribution in [-0.4, -0.2) is 34.6 Å². The largest absolute Gasteiger partial charge is 0.318 e. The number of rotatable bonds is 10. The van der Waals surface area contributed by atoms with Gasteiger partial charge in [0.15, 0.2) is 0 Å². The molecule has 8 nitrogen and oxygen atoms in total. The molecule has 46 heavy (non-hydrogen) atoms. The van der Waals surface area contributed by atoms with Crippen molar-refractivity contribution in [2.24, 2.45) is 5.92 Å². The summed E-state index contributed by atoms with van der Waals surface area (Å²) in [5.41, 5.74) is 3.18. The molecule has 0 bridgehead atoms. The molecule has 2 unspecified atom stereocenters. The maximum atomic E-state index is 15.5. The number of pyridine rings is 2. The van der Waals surface area contributed by atoms with Crippen LogP contribution in [0.5, 0.6) is 0 Å². The predicted molar refractivity (Wildman–Crippen MR) is 181 cm³/mol. The van der Waals surface area contributed by atoms with Gasteiger partial charge in [-0.1, -0.05) is 25.0 Å². The lowest BCUT2D eigenvalue weighted by Gasteiger charge is -2.38. The summed E-state index contributed by atoms with van der Waals surface area (Å²) in [4.78, 5) is 22.5. The Bertz CT molecular complexity index is 1930. The van der Waals surface area contributed by atoms with Crippen LogP contribution in [0.4, 0.5) is 10.1 Å². The smallest absolute Gasteiger partial charge is 0.274 e. The molecule has 3 aromatic heterocycles. The first kappa shape index (κ1) is 31.7. The summed E-state index contributed by atoms with van der Waals surface area (Å²) >= 11 is 0. The van der Waals surface area contributed by atoms with Crippen molar-refractivity contribution in [1.82, 2.24) is 24.5 Å². The summed E-state index contributed by atoms with van der Waals surface area (Å²) in [6.07, 6.45) is 9.08. The Labute approximate surface area is 271 Å². The van der Waals surface area contributed by atoms with Crippen molar-refractivity contribution in [3.8, 4) is 5.69 Å². The highest BCUT2D eigenvalue weighted by molar-refractivity contribution is 7.84. The number of halogens is 1. The number of amides is 1. The van der Waals surface area contributed by atoms with E-state index in [0.717, 1.165) is 28.5 Å². The molecule has 2 N–H and O–H groups in total. The molecule has 6 rings (SSSR count). The summed E-state index contributed by atoms with van der Waals surface area (Å²) in [6, 6.07) is 18.0. The Morgan fingerprint density at radius 3 is 2.46 bits per heavy atom. The van der Waals surface area contributed by atoms with E-state index in [4.69, 9.17) is 0 Å². The number of benzene rings is 2. The number of carbonyl (C=O) groups is 1. The number of nitrogens with zero attached hydrogens (tertiary/aromatic N) is 4. The molecule has 1 saturated carbocycles. The zero-order chi connectivity index (χ0) is 32.6. The van der Waals surface area contributed by atoms with E-state index < -0.39 is 33.0 Å². The molecule has 2 aromatic carbocycles. The first-order valence-electron chi connectivity index (χ1n) is 15.6. The lowest BCUT2D eigenvalue weighted by atomic mass is 9.79. The fourth-order valence-electron chi connectivity index (χ4n) is 5.76. The van der Waals surface area contributed by atoms with Crippen LogP contribution in [0.3, 0.4) is 0 Å². The third kappa shape index (κ3) is 6.50. The molecule has 1 fully saturated rings. The van der Waals surface area contributed by atoms with Crippen molar-refractivity contribution < 1.29 is 13.4 Å². The van der Waals surface area contributed by atoms with Gasteiger partial charge in [-0.05, 0) is 118 Å². The number of nitrogens with one attached hydrogen (secondary N) is 2. The molecular weight excluding hydrogens is 600 g/mol. The highest BCUT2D eigenvalue weighted by Gasteiger charge is 2.40. The topological polar surface area (TPSA) is 102 Å². The van der Waals surface area contributed by atoms with Crippen molar-refractivity contribution in [2.75, 3.05) is 5.32 Å². The van der Waals surface area contributed by atoms with Gasteiger partial charge in [0.1, 0.15) is 11.5 Å². The molecule has 1 aliphatic carbocycles. The fraction of sp³-hybridized carbons (Fsp3) is 0.333. The van der Waals surface area contributed by atoms with Gasteiger partial charge in [-0.2, -0.15) is 5.10 Å². The van der Waals surface area contributed by atoms with E-state index in [9.17, 15) is 9.00 Å². The molecule has 1 amide bonds. The number of fused-ring (bicyclic) bond motifs is 1. The van der Waals surface area contributed by atoms with Gasteiger partial charge in [0.05, 0.1) is 38.3 Å². The Hall–Kier alpha value is -4.28. The van der Waals surface area contributed by atoms with Crippen LogP contribution in [0, 0.1) is 25.6 Å². The third-order valence-electron chi connectivity index (χ3n) is 8.59. The van der Waals surface area contributed by atoms with Crippen LogP contribution in [0.25, 0.3) is 16.5 Å². The molecule has 0 aliphatic heterocycles. The fourth-order valence-corrected chi connectivity index (χ4v) is 6.72. The summed E-state index contributed by atoms with van der Waals surface area (Å²) < 4.78 is 33.7. The van der Waals surface area contributed by atoms with Crippen LogP contribution >= 0.6 is 0 Å². The average Bonchev–Trinajstić information content (AvgIpc) is 3.79. The normalized spacial score (nSPS) is 15.4. The van der Waals surface area contributed by atoms with Gasteiger partial charge >= 0.3 is 0 Å². The average molecular weight is 639 g/mol. The first-order valence-corrected chi connectivity index (χ1v) is 16.7. The molecule has 0 spiro atoms. The zero-order valence-electron chi connectivity index (χ0n) is 26.8. The summed E-state index contributed by atoms with van der Waals surface area (Å²) in [5.74, 6) is -0.475. The summed E-state index contributed by atoms with van der Waals surface area (Å²) in [6.45, 7) is 9.51. The molecular formula is C36H39FN6O2S. The van der Waals surface area contributed by atoms with Gasteiger partial charge in [-0.25, -0.2) is 18.0 Å². The maximum Gasteiger partial charge on any atom is 0.274 e. The van der Waals surface area contributed by atoms with Crippen molar-refractivity contribution >= 4 is 33.4 Å². The summed E-state index contributed by atoms with van der Waals surface area (Å²) in [7, 11) is -1.46. The van der Waals surface area contributed by atoms with Crippen molar-refractivity contribution in [3.05, 3.63) is 113 Å². The molecule has 5 aromatic rings. The molecule has 0 saturated heterocycles. The number of hydrogen-bond donors (Lipinski definition) is 2. The van der Waals surface area contributed by atoms with Gasteiger partial charge in [-0.15, -0.1) is 0 Å². The number of hydrogen-bond acceptors (Lipinski definition) is 5. The van der Waals surface area contributed by atoms with E-state index in [1.54, 1.807) is 41.5 Å². The molecule has 238 valence electrons. The molecule has 1 aliphatic rings. The lowest BCUT2D eigenvalue weighted by Crippen LogP contribution is -2.49. The molecule has 2 atom stereocenters. The maximum absolute atomic E-state index is 15.5. The van der Waals surface area contributed by atoms with E-state index in [1.807, 2.05) is 71.0 Å². The van der Waals surface area contributed by atoms with Crippen molar-refractivity contribution in [2.45, 2.75) is 70.6 Å². The van der Waals surface area contributed by atoms with Gasteiger partial charge in [0.2, 0.25) is 0 Å². The molecule has 3 heterocycles. The van der Waals surface area contributed by atoms with Crippen molar-refractivity contribution in [3.63, 3.8) is 0 Å². The minimum atomic E-state index is -1.46. The van der Waals surface area contributed by atoms with Gasteiger partial charge in [0.25, 0.3) is 5.91 Å². The van der Waals surface area contributed by atoms with Gasteiger partial charge in [0, 0.05) is 29.7 Å². The second kappa shape index (κ2) is 12.5. The highest BCUT2D eigenvalue weighted by Crippen LogP contribution is 2.42. The van der Waals surface area contributed by atoms with E-state index in [-0.39, 0.29) is 11.4 Å². The Morgan fingerprint density at radius 1 is 0.978 bits per heavy atom. The minimum absolute atomic E-state index is 0.0275. The van der Waals surface area contributed by atoms with Crippen LogP contribution in [0.15, 0.2) is 79.3 Å². The van der Waals surface area contributed by atoms with E-state index in [1.165, 1.54) is 18.9 Å². The second-order valence-electron chi connectivity index (χ2n) is 13.1. The van der Waals surface area contributed by atoms with Crippen LogP contribution in [-0.2, 0) is 16.5 Å². The highest BCUT2D eigenvalue weighted by atomic mass is 32.2. The lowest BCUT2D eigenvalue weighted by molar-refractivity contribution is 0.101. The Balaban J connectivity index is 1.39. The quantitative estimate of drug-likeness (QED) is 0.167. The predicted octanol–water partition coefficient (Wildman–Crippen LogP) is 7.31. The van der Waals surface area contributed by atoms with Crippen molar-refractivity contribution in [1.29, 1.82) is 0 Å². The zero-order valence-corrected chi connectivity index (χ0v) is 27.6. The van der Waals surface area contributed by atoms with Gasteiger partial charge < -0.3 is 5.32 Å². The summed E-state index contributed by atoms with van der Waals surface area (Å²) in [5, 5.41) is 9.40. The van der Waals surface area contributed by atoms with E-state index in [0.29, 0.717) is 29.3 Å². The first-order chi connectivity index (χ1) is 21.9. The van der Waals surface area contributed by atoms with E-state index >= 15 is 4.39 Å². The number of carbonyl (C=O) groups excluding carboxylic acids is 1. The molecule has 10 heteroatoms. The number of aryl methyl sites for hydroxylation is 2. The molecule has 0 radical (unpaired) electrons.